The number of hydrogen-bond donors (Lipinski definition) is 1. The van der Waals surface area contributed by atoms with Crippen LogP contribution in [0.4, 0.5) is 4.79 Å². The van der Waals surface area contributed by atoms with Crippen molar-refractivity contribution in [1.82, 2.24) is 4.98 Å². The molecule has 1 N–H and O–H groups in total. The third-order valence-corrected chi connectivity index (χ3v) is 2.61. The lowest BCUT2D eigenvalue weighted by molar-refractivity contribution is 0.121. The Kier molecular flexibility index (Phi) is 2.42. The van der Waals surface area contributed by atoms with E-state index in [-0.39, 0.29) is 4.87 Å². The summed E-state index contributed by atoms with van der Waals surface area (Å²) in [4.78, 5) is 24.3. The zero-order chi connectivity index (χ0) is 10.8. The smallest absolute Gasteiger partial charge is 0.437 e. The number of H-pyrrole nitrogens is 1. The fourth-order valence-electron chi connectivity index (χ4n) is 1.13. The van der Waals surface area contributed by atoms with Crippen molar-refractivity contribution >= 4 is 27.7 Å². The van der Waals surface area contributed by atoms with Gasteiger partial charge in [-0.2, -0.15) is 0 Å². The Balaban J connectivity index is 2.38. The fraction of sp³-hybridized carbons (Fsp3) is 0.111. The number of carbonyl (C=O) groups is 1. The molecule has 1 heterocycles. The molecule has 15 heavy (non-hydrogen) atoms. The van der Waals surface area contributed by atoms with E-state index < -0.39 is 6.16 Å². The van der Waals surface area contributed by atoms with Crippen LogP contribution in [-0.2, 0) is 4.74 Å². The molecular weight excluding hydrogens is 218 g/mol. The van der Waals surface area contributed by atoms with Crippen LogP contribution >= 0.6 is 11.3 Å². The second-order valence-corrected chi connectivity index (χ2v) is 3.74. The predicted molar refractivity (Wildman–Crippen MR) is 55.5 cm³/mol. The van der Waals surface area contributed by atoms with Crippen LogP contribution in [-0.4, -0.2) is 18.2 Å². The summed E-state index contributed by atoms with van der Waals surface area (Å²) in [5.74, 6) is 0.351. The van der Waals surface area contributed by atoms with Gasteiger partial charge in [-0.05, 0) is 12.1 Å². The van der Waals surface area contributed by atoms with Crippen molar-refractivity contribution in [2.45, 2.75) is 0 Å². The Bertz CT molecular complexity index is 556. The van der Waals surface area contributed by atoms with Gasteiger partial charge in [-0.3, -0.25) is 4.79 Å². The van der Waals surface area contributed by atoms with Crippen molar-refractivity contribution in [3.05, 3.63) is 27.9 Å². The highest BCUT2D eigenvalue weighted by Crippen LogP contribution is 2.21. The first kappa shape index (κ1) is 9.72. The van der Waals surface area contributed by atoms with Gasteiger partial charge in [0.1, 0.15) is 5.75 Å². The van der Waals surface area contributed by atoms with Gasteiger partial charge in [-0.15, -0.1) is 0 Å². The SMILES string of the molecule is COC(=O)Oc1ccc2[nH]c(=O)sc2c1. The first-order valence-corrected chi connectivity index (χ1v) is 4.89. The molecule has 0 saturated heterocycles. The summed E-state index contributed by atoms with van der Waals surface area (Å²) in [6.45, 7) is 0. The highest BCUT2D eigenvalue weighted by atomic mass is 32.1. The molecule has 2 rings (SSSR count). The molecule has 1 aromatic heterocycles. The second kappa shape index (κ2) is 3.74. The van der Waals surface area contributed by atoms with Crippen molar-refractivity contribution < 1.29 is 14.3 Å². The van der Waals surface area contributed by atoms with Crippen LogP contribution in [0.1, 0.15) is 0 Å². The lowest BCUT2D eigenvalue weighted by Gasteiger charge is -2.01. The summed E-state index contributed by atoms with van der Waals surface area (Å²) in [7, 11) is 1.23. The molecule has 0 spiro atoms. The minimum Gasteiger partial charge on any atom is -0.437 e. The topological polar surface area (TPSA) is 68.4 Å². The summed E-state index contributed by atoms with van der Waals surface area (Å²) < 4.78 is 9.89. The van der Waals surface area contributed by atoms with E-state index in [4.69, 9.17) is 4.74 Å². The molecule has 0 saturated carbocycles. The Morgan fingerprint density at radius 2 is 2.27 bits per heavy atom. The van der Waals surface area contributed by atoms with E-state index in [0.717, 1.165) is 21.6 Å². The van der Waals surface area contributed by atoms with Crippen LogP contribution in [0, 0.1) is 0 Å². The third-order valence-electron chi connectivity index (χ3n) is 1.76. The number of rotatable bonds is 1. The first-order valence-electron chi connectivity index (χ1n) is 4.08. The molecule has 5 nitrogen and oxygen atoms in total. The minimum atomic E-state index is -0.780. The number of nitrogens with one attached hydrogen (secondary N) is 1. The first-order chi connectivity index (χ1) is 7.19. The molecule has 2 aromatic rings. The van der Waals surface area contributed by atoms with E-state index in [0.29, 0.717) is 5.75 Å². The van der Waals surface area contributed by atoms with Crippen LogP contribution < -0.4 is 9.61 Å². The van der Waals surface area contributed by atoms with Gasteiger partial charge in [0.2, 0.25) is 0 Å². The number of aromatic amines is 1. The number of methoxy groups -OCH3 is 1. The molecular formula is C9H7NO4S. The van der Waals surface area contributed by atoms with Crippen molar-refractivity contribution in [2.24, 2.45) is 0 Å². The van der Waals surface area contributed by atoms with E-state index in [1.54, 1.807) is 18.2 Å². The zero-order valence-electron chi connectivity index (χ0n) is 7.77. The molecule has 0 aliphatic heterocycles. The predicted octanol–water partition coefficient (Wildman–Crippen LogP) is 1.73. The van der Waals surface area contributed by atoms with Crippen molar-refractivity contribution in [3.63, 3.8) is 0 Å². The molecule has 0 amide bonds. The zero-order valence-corrected chi connectivity index (χ0v) is 8.59. The summed E-state index contributed by atoms with van der Waals surface area (Å²) in [5, 5.41) is 0. The Morgan fingerprint density at radius 1 is 1.47 bits per heavy atom. The summed E-state index contributed by atoms with van der Waals surface area (Å²) in [5.41, 5.74) is 0.724. The summed E-state index contributed by atoms with van der Waals surface area (Å²) >= 11 is 1.06. The molecule has 6 heteroatoms. The molecule has 78 valence electrons. The van der Waals surface area contributed by atoms with Crippen LogP contribution in [0.25, 0.3) is 10.2 Å². The molecule has 1 aromatic carbocycles. The lowest BCUT2D eigenvalue weighted by atomic mass is 10.3. The summed E-state index contributed by atoms with van der Waals surface area (Å²) in [6.07, 6.45) is -0.780. The van der Waals surface area contributed by atoms with Crippen molar-refractivity contribution in [3.8, 4) is 5.75 Å². The van der Waals surface area contributed by atoms with E-state index >= 15 is 0 Å². The van der Waals surface area contributed by atoms with Crippen LogP contribution in [0.5, 0.6) is 5.75 Å². The van der Waals surface area contributed by atoms with Gasteiger partial charge in [-0.25, -0.2) is 4.79 Å². The van der Waals surface area contributed by atoms with Gasteiger partial charge >= 0.3 is 11.0 Å². The maximum atomic E-state index is 11.0. The van der Waals surface area contributed by atoms with Gasteiger partial charge in [0.05, 0.1) is 17.3 Å². The number of carbonyl (C=O) groups excluding carboxylic acids is 1. The maximum Gasteiger partial charge on any atom is 0.513 e. The van der Waals surface area contributed by atoms with E-state index in [2.05, 4.69) is 9.72 Å². The van der Waals surface area contributed by atoms with Crippen LogP contribution in [0.2, 0.25) is 0 Å². The molecule has 0 fully saturated rings. The third kappa shape index (κ3) is 1.99. The number of thiazole rings is 1. The van der Waals surface area contributed by atoms with Gasteiger partial charge in [0, 0.05) is 6.07 Å². The number of ether oxygens (including phenoxy) is 2. The van der Waals surface area contributed by atoms with Gasteiger partial charge < -0.3 is 14.5 Å². The molecule has 0 radical (unpaired) electrons. The second-order valence-electron chi connectivity index (χ2n) is 2.73. The van der Waals surface area contributed by atoms with Gasteiger partial charge in [-0.1, -0.05) is 11.3 Å². The minimum absolute atomic E-state index is 0.139. The highest BCUT2D eigenvalue weighted by Gasteiger charge is 2.05. The Hall–Kier alpha value is -1.82. The number of aromatic nitrogens is 1. The van der Waals surface area contributed by atoms with Crippen molar-refractivity contribution in [2.75, 3.05) is 7.11 Å². The van der Waals surface area contributed by atoms with E-state index in [9.17, 15) is 9.59 Å². The fourth-order valence-corrected chi connectivity index (χ4v) is 1.89. The maximum absolute atomic E-state index is 11.0. The molecule has 0 aliphatic rings. The highest BCUT2D eigenvalue weighted by molar-refractivity contribution is 7.16. The van der Waals surface area contributed by atoms with Crippen LogP contribution in [0.3, 0.4) is 0 Å². The molecule has 0 atom stereocenters. The number of fused-ring (bicyclic) bond motifs is 1. The van der Waals surface area contributed by atoms with Crippen molar-refractivity contribution in [1.29, 1.82) is 0 Å². The average Bonchev–Trinajstić information content (AvgIpc) is 2.57. The van der Waals surface area contributed by atoms with Gasteiger partial charge in [0.15, 0.2) is 0 Å². The van der Waals surface area contributed by atoms with E-state index in [1.165, 1.54) is 7.11 Å². The summed E-state index contributed by atoms with van der Waals surface area (Å²) in [6, 6.07) is 4.86. The molecule has 0 unspecified atom stereocenters. The average molecular weight is 225 g/mol. The largest absolute Gasteiger partial charge is 0.513 e. The normalized spacial score (nSPS) is 10.2. The van der Waals surface area contributed by atoms with E-state index in [1.807, 2.05) is 0 Å². The lowest BCUT2D eigenvalue weighted by Crippen LogP contribution is -2.06. The van der Waals surface area contributed by atoms with Crippen LogP contribution in [0.15, 0.2) is 23.0 Å². The quantitative estimate of drug-likeness (QED) is 0.592. The standard InChI is InChI=1S/C9H7NO4S/c1-13-9(12)14-5-2-3-6-7(4-5)15-8(11)10-6/h2-4H,1H3,(H,10,11). The molecule has 0 aliphatic carbocycles. The van der Waals surface area contributed by atoms with Gasteiger partial charge in [0.25, 0.3) is 0 Å². The Labute approximate surface area is 88.3 Å². The number of benzene rings is 1. The molecule has 0 bridgehead atoms. The Morgan fingerprint density at radius 3 is 3.00 bits per heavy atom. The number of hydrogen-bond acceptors (Lipinski definition) is 5. The monoisotopic (exact) mass is 225 g/mol.